The van der Waals surface area contributed by atoms with Crippen molar-refractivity contribution in [2.45, 2.75) is 32.2 Å². The van der Waals surface area contributed by atoms with Gasteiger partial charge in [0.15, 0.2) is 0 Å². The lowest BCUT2D eigenvalue weighted by molar-refractivity contribution is -0.120. The van der Waals surface area contributed by atoms with Gasteiger partial charge in [-0.2, -0.15) is 0 Å². The summed E-state index contributed by atoms with van der Waals surface area (Å²) in [5.74, 6) is 0.586. The van der Waals surface area contributed by atoms with E-state index in [9.17, 15) is 4.79 Å². The maximum Gasteiger partial charge on any atom is 0.235 e. The SMILES string of the molecule is CCNC(CN(C)CC1CCC1)C(N)=O. The summed E-state index contributed by atoms with van der Waals surface area (Å²) < 4.78 is 0. The van der Waals surface area contributed by atoms with Crippen LogP contribution in [0.1, 0.15) is 26.2 Å². The number of likely N-dealkylation sites (N-methyl/N-ethyl adjacent to an activating group) is 2. The van der Waals surface area contributed by atoms with Crippen molar-refractivity contribution in [2.75, 3.05) is 26.7 Å². The fraction of sp³-hybridized carbons (Fsp3) is 0.909. The highest BCUT2D eigenvalue weighted by molar-refractivity contribution is 5.80. The molecule has 0 saturated heterocycles. The topological polar surface area (TPSA) is 58.4 Å². The van der Waals surface area contributed by atoms with Crippen LogP contribution in [0.3, 0.4) is 0 Å². The number of carbonyl (C=O) groups excluding carboxylic acids is 1. The maximum absolute atomic E-state index is 11.1. The quantitative estimate of drug-likeness (QED) is 0.634. The molecule has 1 saturated carbocycles. The van der Waals surface area contributed by atoms with Crippen molar-refractivity contribution >= 4 is 5.91 Å². The van der Waals surface area contributed by atoms with Gasteiger partial charge in [0.25, 0.3) is 0 Å². The van der Waals surface area contributed by atoms with Crippen molar-refractivity contribution in [3.05, 3.63) is 0 Å². The van der Waals surface area contributed by atoms with E-state index in [4.69, 9.17) is 5.73 Å². The molecule has 0 aromatic heterocycles. The molecule has 0 aromatic rings. The molecule has 0 radical (unpaired) electrons. The lowest BCUT2D eigenvalue weighted by atomic mass is 9.85. The molecular formula is C11H23N3O. The molecule has 0 aromatic carbocycles. The molecule has 1 rings (SSSR count). The third kappa shape index (κ3) is 4.18. The van der Waals surface area contributed by atoms with E-state index in [-0.39, 0.29) is 11.9 Å². The largest absolute Gasteiger partial charge is 0.368 e. The Morgan fingerprint density at radius 3 is 2.67 bits per heavy atom. The summed E-state index contributed by atoms with van der Waals surface area (Å²) in [5.41, 5.74) is 5.32. The van der Waals surface area contributed by atoms with Crippen LogP contribution in [0.2, 0.25) is 0 Å². The Hall–Kier alpha value is -0.610. The van der Waals surface area contributed by atoms with Gasteiger partial charge in [-0.3, -0.25) is 4.79 Å². The Labute approximate surface area is 92.2 Å². The van der Waals surface area contributed by atoms with Gasteiger partial charge in [-0.05, 0) is 32.4 Å². The number of nitrogens with one attached hydrogen (secondary N) is 1. The lowest BCUT2D eigenvalue weighted by Crippen LogP contribution is -2.49. The van der Waals surface area contributed by atoms with Gasteiger partial charge < -0.3 is 16.0 Å². The third-order valence-electron chi connectivity index (χ3n) is 3.08. The third-order valence-corrected chi connectivity index (χ3v) is 3.08. The molecule has 15 heavy (non-hydrogen) atoms. The second-order valence-electron chi connectivity index (χ2n) is 4.53. The fourth-order valence-electron chi connectivity index (χ4n) is 2.00. The Kier molecular flexibility index (Phi) is 5.05. The van der Waals surface area contributed by atoms with Gasteiger partial charge in [0.1, 0.15) is 0 Å². The van der Waals surface area contributed by atoms with Crippen LogP contribution >= 0.6 is 0 Å². The minimum Gasteiger partial charge on any atom is -0.368 e. The van der Waals surface area contributed by atoms with Crippen LogP contribution in [0, 0.1) is 5.92 Å². The summed E-state index contributed by atoms with van der Waals surface area (Å²) >= 11 is 0. The number of primary amides is 1. The number of hydrogen-bond acceptors (Lipinski definition) is 3. The Morgan fingerprint density at radius 1 is 1.60 bits per heavy atom. The summed E-state index contributed by atoms with van der Waals surface area (Å²) in [6, 6.07) is -0.208. The highest BCUT2D eigenvalue weighted by Gasteiger charge is 2.22. The molecule has 88 valence electrons. The molecule has 1 aliphatic carbocycles. The minimum atomic E-state index is -0.252. The highest BCUT2D eigenvalue weighted by atomic mass is 16.1. The smallest absolute Gasteiger partial charge is 0.235 e. The van der Waals surface area contributed by atoms with Crippen molar-refractivity contribution in [2.24, 2.45) is 11.7 Å². The summed E-state index contributed by atoms with van der Waals surface area (Å²) in [6.45, 7) is 4.58. The number of amides is 1. The van der Waals surface area contributed by atoms with E-state index in [1.807, 2.05) is 6.92 Å². The van der Waals surface area contributed by atoms with E-state index in [0.717, 1.165) is 25.6 Å². The molecule has 0 spiro atoms. The first kappa shape index (κ1) is 12.5. The van der Waals surface area contributed by atoms with Gasteiger partial charge >= 0.3 is 0 Å². The van der Waals surface area contributed by atoms with Crippen LogP contribution in [0.15, 0.2) is 0 Å². The standard InChI is InChI=1S/C11H23N3O/c1-3-13-10(11(12)15)8-14(2)7-9-5-4-6-9/h9-10,13H,3-8H2,1-2H3,(H2,12,15). The molecule has 1 amide bonds. The van der Waals surface area contributed by atoms with Gasteiger partial charge in [-0.1, -0.05) is 13.3 Å². The van der Waals surface area contributed by atoms with Gasteiger partial charge in [0.2, 0.25) is 5.91 Å². The number of carbonyl (C=O) groups is 1. The molecule has 1 atom stereocenters. The highest BCUT2D eigenvalue weighted by Crippen LogP contribution is 2.26. The summed E-state index contributed by atoms with van der Waals surface area (Å²) in [7, 11) is 2.06. The van der Waals surface area contributed by atoms with Crippen LogP contribution in [0.4, 0.5) is 0 Å². The first-order valence-electron chi connectivity index (χ1n) is 5.84. The van der Waals surface area contributed by atoms with Gasteiger partial charge in [-0.15, -0.1) is 0 Å². The van der Waals surface area contributed by atoms with Crippen molar-refractivity contribution in [3.63, 3.8) is 0 Å². The van der Waals surface area contributed by atoms with Crippen molar-refractivity contribution in [3.8, 4) is 0 Å². The maximum atomic E-state index is 11.1. The summed E-state index contributed by atoms with van der Waals surface area (Å²) in [6.07, 6.45) is 4.05. The molecule has 4 heteroatoms. The Balaban J connectivity index is 2.25. The molecule has 0 heterocycles. The fourth-order valence-corrected chi connectivity index (χ4v) is 2.00. The van der Waals surface area contributed by atoms with Gasteiger partial charge in [0.05, 0.1) is 6.04 Å². The monoisotopic (exact) mass is 213 g/mol. The van der Waals surface area contributed by atoms with E-state index in [1.165, 1.54) is 19.3 Å². The number of rotatable bonds is 7. The second kappa shape index (κ2) is 6.08. The average molecular weight is 213 g/mol. The molecule has 0 aliphatic heterocycles. The van der Waals surface area contributed by atoms with Crippen LogP contribution in [0.25, 0.3) is 0 Å². The van der Waals surface area contributed by atoms with Crippen LogP contribution in [0.5, 0.6) is 0 Å². The number of nitrogens with two attached hydrogens (primary N) is 1. The Bertz CT molecular complexity index is 204. The van der Waals surface area contributed by atoms with Gasteiger partial charge in [0, 0.05) is 13.1 Å². The van der Waals surface area contributed by atoms with E-state index in [2.05, 4.69) is 17.3 Å². The second-order valence-corrected chi connectivity index (χ2v) is 4.53. The first-order chi connectivity index (χ1) is 7.13. The minimum absolute atomic E-state index is 0.208. The molecule has 1 unspecified atom stereocenters. The Morgan fingerprint density at radius 2 is 2.27 bits per heavy atom. The van der Waals surface area contributed by atoms with Crippen LogP contribution in [-0.2, 0) is 4.79 Å². The average Bonchev–Trinajstić information content (AvgIpc) is 2.10. The van der Waals surface area contributed by atoms with Crippen molar-refractivity contribution in [1.82, 2.24) is 10.2 Å². The first-order valence-corrected chi connectivity index (χ1v) is 5.84. The van der Waals surface area contributed by atoms with Crippen LogP contribution in [-0.4, -0.2) is 43.5 Å². The summed E-state index contributed by atoms with van der Waals surface area (Å²) in [5, 5.41) is 3.11. The van der Waals surface area contributed by atoms with E-state index < -0.39 is 0 Å². The molecule has 4 nitrogen and oxygen atoms in total. The number of hydrogen-bond donors (Lipinski definition) is 2. The van der Waals surface area contributed by atoms with Crippen molar-refractivity contribution in [1.29, 1.82) is 0 Å². The zero-order valence-corrected chi connectivity index (χ0v) is 9.83. The number of nitrogens with zero attached hydrogens (tertiary/aromatic N) is 1. The lowest BCUT2D eigenvalue weighted by Gasteiger charge is -2.31. The molecule has 1 fully saturated rings. The predicted molar refractivity (Wildman–Crippen MR) is 61.5 cm³/mol. The molecular weight excluding hydrogens is 190 g/mol. The normalized spacial score (nSPS) is 18.9. The molecule has 3 N–H and O–H groups in total. The van der Waals surface area contributed by atoms with Gasteiger partial charge in [-0.25, -0.2) is 0 Å². The molecule has 1 aliphatic rings. The van der Waals surface area contributed by atoms with E-state index in [0.29, 0.717) is 0 Å². The zero-order chi connectivity index (χ0) is 11.3. The molecule has 0 bridgehead atoms. The van der Waals surface area contributed by atoms with E-state index >= 15 is 0 Å². The van der Waals surface area contributed by atoms with E-state index in [1.54, 1.807) is 0 Å². The predicted octanol–water partition coefficient (Wildman–Crippen LogP) is 0.182. The zero-order valence-electron chi connectivity index (χ0n) is 9.83. The summed E-state index contributed by atoms with van der Waals surface area (Å²) in [4.78, 5) is 13.3. The van der Waals surface area contributed by atoms with Crippen LogP contribution < -0.4 is 11.1 Å². The van der Waals surface area contributed by atoms with Crippen molar-refractivity contribution < 1.29 is 4.79 Å².